The molecule has 0 bridgehead atoms. The summed E-state index contributed by atoms with van der Waals surface area (Å²) >= 11 is 0. The van der Waals surface area contributed by atoms with Gasteiger partial charge in [0.05, 0.1) is 0 Å². The number of hydrogen-bond donors (Lipinski definition) is 2. The minimum Gasteiger partial charge on any atom is -0.412 e. The van der Waals surface area contributed by atoms with E-state index in [9.17, 15) is 0 Å². The maximum atomic E-state index is 6.08. The Bertz CT molecular complexity index is 663. The molecule has 3 N–H and O–H groups in total. The molecule has 44 heteroatoms. The summed E-state index contributed by atoms with van der Waals surface area (Å²) in [6, 6.07) is 0.404. The molecule has 0 aliphatic rings. The maximum absolute atomic E-state index is 6.08. The summed E-state index contributed by atoms with van der Waals surface area (Å²) < 4.78 is 117. The van der Waals surface area contributed by atoms with Gasteiger partial charge in [-0.05, 0) is 13.0 Å². The molecule has 0 fully saturated rings. The Morgan fingerprint density at radius 3 is 0.865 bits per heavy atom. The van der Waals surface area contributed by atoms with Crippen LogP contribution >= 0.6 is 0 Å². The molecule has 0 aromatic rings. The van der Waals surface area contributed by atoms with Gasteiger partial charge in [-0.2, -0.15) is 0 Å². The third-order valence-corrected chi connectivity index (χ3v) is 20.2. The lowest BCUT2D eigenvalue weighted by Crippen LogP contribution is -2.50. The molecular weight excluding hydrogens is 1040 g/mol. The quantitative estimate of drug-likeness (QED) is 0.0425. The highest BCUT2D eigenvalue weighted by Gasteiger charge is 2.42. The Balaban J connectivity index is 4.68. The van der Waals surface area contributed by atoms with E-state index in [1.807, 2.05) is 0 Å². The zero-order valence-electron chi connectivity index (χ0n) is 26.6. The minimum atomic E-state index is -3.43. The highest BCUT2D eigenvalue weighted by atomic mass is 28.5. The second kappa shape index (κ2) is 48.7. The van der Waals surface area contributed by atoms with Gasteiger partial charge in [0.1, 0.15) is 0 Å². The van der Waals surface area contributed by atoms with Crippen molar-refractivity contribution in [1.29, 1.82) is 0 Å². The van der Waals surface area contributed by atoms with Gasteiger partial charge < -0.3 is 103 Å². The van der Waals surface area contributed by atoms with Gasteiger partial charge in [0.25, 0.3) is 0 Å². The fourth-order valence-electron chi connectivity index (χ4n) is 1.79. The van der Waals surface area contributed by atoms with E-state index < -0.39 is 38.8 Å². The van der Waals surface area contributed by atoms with Gasteiger partial charge >= 0.3 is 199 Å². The topological polar surface area (TPSA) is 241 Å². The number of hydrogen-bond acceptors (Lipinski definition) is 24. The van der Waals surface area contributed by atoms with Crippen molar-refractivity contribution in [3.05, 3.63) is 0 Å². The summed E-state index contributed by atoms with van der Waals surface area (Å²) in [7, 11) is -4.22. The van der Waals surface area contributed by atoms with Crippen LogP contribution in [0.2, 0.25) is 6.04 Å². The molecule has 0 saturated carbocycles. The van der Waals surface area contributed by atoms with Crippen LogP contribution in [0.5, 0.6) is 0 Å². The van der Waals surface area contributed by atoms with Crippen molar-refractivity contribution in [3.63, 3.8) is 0 Å². The normalized spacial score (nSPS) is 12.0. The van der Waals surface area contributed by atoms with Crippen LogP contribution in [0.4, 0.5) is 0 Å². The molecule has 0 amide bonds. The predicted molar refractivity (Wildman–Crippen MR) is 188 cm³/mol. The van der Waals surface area contributed by atoms with Crippen molar-refractivity contribution >= 4 is 199 Å². The van der Waals surface area contributed by atoms with Gasteiger partial charge in [-0.1, -0.05) is 0 Å². The van der Waals surface area contributed by atoms with E-state index in [1.54, 1.807) is 0 Å². The van der Waals surface area contributed by atoms with Crippen molar-refractivity contribution in [3.8, 4) is 0 Å². The first kappa shape index (κ1) is 55.4. The van der Waals surface area contributed by atoms with Crippen molar-refractivity contribution in [1.82, 2.24) is 5.32 Å². The second-order valence-electron chi connectivity index (χ2n) is 6.46. The predicted octanol–water partition coefficient (Wildman–Crippen LogP) is -8.73. The van der Waals surface area contributed by atoms with Crippen LogP contribution < -0.4 is 11.1 Å². The standard InChI is InChI=1S/C8H22N2O22Si20/c1-11-33-14-36-17-39-20-42-23-45-26-48-29-51-32-52(8-4-6-10-7-5-9,30-49-27-46-24-43-21-40-18-37-15-34-12-2)31-50-28-47-25-44-22-41-19-38-16-35-13-3/h10H,4-9H2,1-3H3. The lowest BCUT2D eigenvalue weighted by atomic mass is 10.5. The first-order chi connectivity index (χ1) is 25.7. The van der Waals surface area contributed by atoms with E-state index in [4.69, 9.17) is 97.2 Å². The zero-order valence-corrected chi connectivity index (χ0v) is 46.6. The minimum absolute atomic E-state index is 0.0810. The first-order valence-electron chi connectivity index (χ1n) is 12.6. The van der Waals surface area contributed by atoms with Crippen molar-refractivity contribution in [2.75, 3.05) is 41.0 Å². The molecule has 0 saturated heterocycles. The van der Waals surface area contributed by atoms with E-state index >= 15 is 0 Å². The Labute approximate surface area is 352 Å². The highest BCUT2D eigenvalue weighted by Crippen LogP contribution is 2.17. The van der Waals surface area contributed by atoms with E-state index in [2.05, 4.69) is 5.32 Å². The Kier molecular flexibility index (Phi) is 51.9. The van der Waals surface area contributed by atoms with Crippen LogP contribution in [0.15, 0.2) is 0 Å². The highest BCUT2D eigenvalue weighted by molar-refractivity contribution is 6.73. The summed E-state index contributed by atoms with van der Waals surface area (Å²) in [5.41, 5.74) is 5.59. The number of rotatable bonds is 47. The Morgan fingerprint density at radius 2 is 0.615 bits per heavy atom. The fraction of sp³-hybridized carbons (Fsp3) is 1.00. The molecule has 24 nitrogen and oxygen atoms in total. The number of nitrogens with one attached hydrogen (secondary N) is 1. The van der Waals surface area contributed by atoms with Crippen molar-refractivity contribution in [2.24, 2.45) is 5.73 Å². The van der Waals surface area contributed by atoms with E-state index in [0.29, 0.717) is 32.1 Å². The summed E-state index contributed by atoms with van der Waals surface area (Å²) in [5, 5.41) is 3.23. The van der Waals surface area contributed by atoms with Crippen LogP contribution in [0.3, 0.4) is 0 Å². The summed E-state index contributed by atoms with van der Waals surface area (Å²) in [6.07, 6.45) is 0.638. The third-order valence-electron chi connectivity index (χ3n) is 3.33. The van der Waals surface area contributed by atoms with Gasteiger partial charge in [-0.3, -0.25) is 0 Å². The summed E-state index contributed by atoms with van der Waals surface area (Å²) in [4.78, 5) is 0. The third kappa shape index (κ3) is 43.0. The van der Waals surface area contributed by atoms with E-state index in [0.717, 1.165) is 0 Å². The molecule has 0 spiro atoms. The molecule has 0 rings (SSSR count). The first-order valence-corrected chi connectivity index (χ1v) is 30.0. The van der Waals surface area contributed by atoms with Crippen molar-refractivity contribution in [2.45, 2.75) is 12.5 Å². The molecule has 0 atom stereocenters. The van der Waals surface area contributed by atoms with E-state index in [-0.39, 0.29) is 160 Å². The molecule has 0 heterocycles. The number of nitrogens with two attached hydrogens (primary N) is 1. The molecule has 0 aliphatic carbocycles. The van der Waals surface area contributed by atoms with Crippen LogP contribution in [-0.4, -0.2) is 240 Å². The summed E-state index contributed by atoms with van der Waals surface area (Å²) in [5.74, 6) is 0. The van der Waals surface area contributed by atoms with Crippen LogP contribution in [-0.2, 0) is 91.5 Å². The van der Waals surface area contributed by atoms with Gasteiger partial charge in [-0.15, -0.1) is 0 Å². The van der Waals surface area contributed by atoms with Crippen LogP contribution in [0, 0.1) is 0 Å². The zero-order chi connectivity index (χ0) is 37.7. The van der Waals surface area contributed by atoms with Crippen molar-refractivity contribution < 1.29 is 91.5 Å². The van der Waals surface area contributed by atoms with Crippen LogP contribution in [0.25, 0.3) is 0 Å². The molecule has 0 aliphatic heterocycles. The lowest BCUT2D eigenvalue weighted by Gasteiger charge is -2.28. The fourth-order valence-corrected chi connectivity index (χ4v) is 18.6. The monoisotopic (exact) mass is 1060 g/mol. The average Bonchev–Trinajstić information content (AvgIpc) is 3.15. The Morgan fingerprint density at radius 1 is 0.365 bits per heavy atom. The molecule has 0 unspecified atom stereocenters. The molecular formula is C8H22N2O22Si20. The molecule has 0 aromatic carbocycles. The van der Waals surface area contributed by atoms with Gasteiger partial charge in [0, 0.05) is 40.5 Å². The second-order valence-corrected chi connectivity index (χ2v) is 28.2. The SMILES string of the molecule is CO[Si]O[Si]O[Si]O[Si]O[Si]O[Si]O[Si]O[Si](CCCNCCN)(O[Si]O[Si]O[Si]O[Si]O[Si]O[Si]OC)O[Si]O[Si]O[Si]O[Si]O[Si]O[Si]OC. The summed E-state index contributed by atoms with van der Waals surface area (Å²) in [6.45, 7) is 1.80. The molecule has 0 aromatic heterocycles. The molecule has 276 valence electrons. The molecule has 38 radical (unpaired) electrons. The van der Waals surface area contributed by atoms with Gasteiger partial charge in [0.15, 0.2) is 0 Å². The molecule has 52 heavy (non-hydrogen) atoms. The average molecular weight is 1060 g/mol. The maximum Gasteiger partial charge on any atom is 0.473 e. The smallest absolute Gasteiger partial charge is 0.412 e. The van der Waals surface area contributed by atoms with Crippen LogP contribution in [0.1, 0.15) is 6.42 Å². The van der Waals surface area contributed by atoms with Gasteiger partial charge in [-0.25, -0.2) is 0 Å². The lowest BCUT2D eigenvalue weighted by molar-refractivity contribution is 0.229. The Hall–Kier alpha value is 3.38. The largest absolute Gasteiger partial charge is 0.473 e. The van der Waals surface area contributed by atoms with E-state index in [1.165, 1.54) is 21.3 Å². The van der Waals surface area contributed by atoms with Gasteiger partial charge in [0.2, 0.25) is 0 Å².